The lowest BCUT2D eigenvalue weighted by Gasteiger charge is -2.22. The van der Waals surface area contributed by atoms with Crippen molar-refractivity contribution < 1.29 is 19.0 Å². The minimum absolute atomic E-state index is 0.167. The van der Waals surface area contributed by atoms with Crippen LogP contribution in [-0.4, -0.2) is 31.1 Å². The molecule has 0 N–H and O–H groups in total. The van der Waals surface area contributed by atoms with Crippen LogP contribution in [-0.2, 0) is 19.0 Å². The van der Waals surface area contributed by atoms with Crippen LogP contribution in [0.2, 0.25) is 0 Å². The molecule has 1 aliphatic rings. The topological polar surface area (TPSA) is 44.8 Å². The molecule has 1 rings (SSSR count). The van der Waals surface area contributed by atoms with Crippen molar-refractivity contribution in [2.75, 3.05) is 13.2 Å². The summed E-state index contributed by atoms with van der Waals surface area (Å²) in [6.45, 7) is 9.92. The Balaban J connectivity index is 2.30. The first kappa shape index (κ1) is 14.2. The zero-order valence-corrected chi connectivity index (χ0v) is 11.0. The molecule has 0 amide bonds. The number of hydrogen-bond acceptors (Lipinski definition) is 4. The van der Waals surface area contributed by atoms with Crippen LogP contribution in [0.4, 0.5) is 0 Å². The van der Waals surface area contributed by atoms with Crippen molar-refractivity contribution in [1.29, 1.82) is 0 Å². The molecule has 1 saturated heterocycles. The third-order valence-electron chi connectivity index (χ3n) is 2.72. The quantitative estimate of drug-likeness (QED) is 0.530. The van der Waals surface area contributed by atoms with Gasteiger partial charge in [0.15, 0.2) is 5.79 Å². The Bertz CT molecular complexity index is 287. The highest BCUT2D eigenvalue weighted by Crippen LogP contribution is 2.28. The van der Waals surface area contributed by atoms with Crippen molar-refractivity contribution >= 4 is 5.97 Å². The van der Waals surface area contributed by atoms with E-state index in [4.69, 9.17) is 14.2 Å². The largest absolute Gasteiger partial charge is 0.459 e. The number of rotatable bonds is 6. The fraction of sp³-hybridized carbons (Fsp3) is 0.769. The monoisotopic (exact) mass is 242 g/mol. The number of hydrogen-bond donors (Lipinski definition) is 0. The van der Waals surface area contributed by atoms with E-state index in [0.717, 1.165) is 19.3 Å². The molecule has 4 heteroatoms. The van der Waals surface area contributed by atoms with E-state index in [1.165, 1.54) is 0 Å². The molecule has 0 saturated carbocycles. The normalized spacial score (nSPS) is 28.1. The molecular weight excluding hydrogens is 220 g/mol. The Morgan fingerprint density at radius 2 is 2.29 bits per heavy atom. The first-order chi connectivity index (χ1) is 7.97. The lowest BCUT2D eigenvalue weighted by atomic mass is 10.1. The Hall–Kier alpha value is -0.870. The number of ether oxygens (including phenoxy) is 3. The van der Waals surface area contributed by atoms with Crippen molar-refractivity contribution in [2.24, 2.45) is 0 Å². The Morgan fingerprint density at radius 1 is 1.59 bits per heavy atom. The van der Waals surface area contributed by atoms with Crippen molar-refractivity contribution in [2.45, 2.75) is 51.9 Å². The molecule has 2 atom stereocenters. The highest BCUT2D eigenvalue weighted by Gasteiger charge is 2.37. The molecule has 17 heavy (non-hydrogen) atoms. The molecule has 0 aromatic rings. The van der Waals surface area contributed by atoms with Gasteiger partial charge in [-0.3, -0.25) is 0 Å². The van der Waals surface area contributed by atoms with Crippen molar-refractivity contribution in [3.05, 3.63) is 12.2 Å². The van der Waals surface area contributed by atoms with Gasteiger partial charge >= 0.3 is 5.97 Å². The zero-order valence-electron chi connectivity index (χ0n) is 11.0. The molecule has 0 radical (unpaired) electrons. The van der Waals surface area contributed by atoms with E-state index in [2.05, 4.69) is 13.5 Å². The van der Waals surface area contributed by atoms with Crippen LogP contribution in [0.25, 0.3) is 0 Å². The van der Waals surface area contributed by atoms with E-state index in [1.807, 2.05) is 6.92 Å². The molecule has 1 fully saturated rings. The maximum Gasteiger partial charge on any atom is 0.333 e. The van der Waals surface area contributed by atoms with Crippen LogP contribution in [0, 0.1) is 0 Å². The van der Waals surface area contributed by atoms with Gasteiger partial charge in [-0.25, -0.2) is 4.79 Å². The SMILES string of the molecule is C=C(C)C(=O)OCC1COC(C)(CCCC)O1. The van der Waals surface area contributed by atoms with Crippen LogP contribution in [0.1, 0.15) is 40.0 Å². The standard InChI is InChI=1S/C13H22O4/c1-5-6-7-13(4)16-9-11(17-13)8-15-12(14)10(2)3/h11H,2,5-9H2,1,3-4H3. The van der Waals surface area contributed by atoms with Crippen LogP contribution in [0.3, 0.4) is 0 Å². The van der Waals surface area contributed by atoms with Gasteiger partial charge in [-0.05, 0) is 20.3 Å². The number of esters is 1. The van der Waals surface area contributed by atoms with E-state index >= 15 is 0 Å². The minimum atomic E-state index is -0.518. The molecule has 1 heterocycles. The summed E-state index contributed by atoms with van der Waals surface area (Å²) >= 11 is 0. The van der Waals surface area contributed by atoms with Gasteiger partial charge in [0, 0.05) is 12.0 Å². The maximum atomic E-state index is 11.2. The second-order valence-corrected chi connectivity index (χ2v) is 4.67. The minimum Gasteiger partial charge on any atom is -0.459 e. The summed E-state index contributed by atoms with van der Waals surface area (Å²) < 4.78 is 16.4. The molecule has 0 spiro atoms. The summed E-state index contributed by atoms with van der Waals surface area (Å²) in [5.41, 5.74) is 0.401. The molecule has 0 aromatic carbocycles. The lowest BCUT2D eigenvalue weighted by molar-refractivity contribution is -0.168. The Labute approximate surface area is 103 Å². The summed E-state index contributed by atoms with van der Waals surface area (Å²) in [7, 11) is 0. The molecule has 4 nitrogen and oxygen atoms in total. The molecule has 1 aliphatic heterocycles. The third-order valence-corrected chi connectivity index (χ3v) is 2.72. The lowest BCUT2D eigenvalue weighted by Crippen LogP contribution is -2.28. The average Bonchev–Trinajstić information content (AvgIpc) is 2.66. The molecular formula is C13H22O4. The van der Waals surface area contributed by atoms with Crippen LogP contribution in [0.5, 0.6) is 0 Å². The van der Waals surface area contributed by atoms with Gasteiger partial charge in [0.2, 0.25) is 0 Å². The second kappa shape index (κ2) is 6.17. The number of carbonyl (C=O) groups is 1. The van der Waals surface area contributed by atoms with Gasteiger partial charge < -0.3 is 14.2 Å². The van der Waals surface area contributed by atoms with Gasteiger partial charge in [0.05, 0.1) is 6.61 Å². The van der Waals surface area contributed by atoms with Gasteiger partial charge in [-0.15, -0.1) is 0 Å². The summed E-state index contributed by atoms with van der Waals surface area (Å²) in [6.07, 6.45) is 2.88. The van der Waals surface area contributed by atoms with Gasteiger partial charge in [-0.1, -0.05) is 19.9 Å². The maximum absolute atomic E-state index is 11.2. The number of carbonyl (C=O) groups excluding carboxylic acids is 1. The summed E-state index contributed by atoms with van der Waals surface area (Å²) in [5, 5.41) is 0. The van der Waals surface area contributed by atoms with Crippen LogP contribution >= 0.6 is 0 Å². The summed E-state index contributed by atoms with van der Waals surface area (Å²) in [5.74, 6) is -0.896. The van der Waals surface area contributed by atoms with E-state index < -0.39 is 5.79 Å². The summed E-state index contributed by atoms with van der Waals surface area (Å²) in [4.78, 5) is 11.2. The third kappa shape index (κ3) is 4.48. The first-order valence-corrected chi connectivity index (χ1v) is 6.11. The molecule has 98 valence electrons. The molecule has 0 aromatic heterocycles. The highest BCUT2D eigenvalue weighted by atomic mass is 16.7. The molecule has 0 bridgehead atoms. The fourth-order valence-electron chi connectivity index (χ4n) is 1.69. The van der Waals surface area contributed by atoms with Crippen molar-refractivity contribution in [3.63, 3.8) is 0 Å². The molecule has 2 unspecified atom stereocenters. The second-order valence-electron chi connectivity index (χ2n) is 4.67. The predicted molar refractivity (Wildman–Crippen MR) is 64.5 cm³/mol. The van der Waals surface area contributed by atoms with Crippen LogP contribution < -0.4 is 0 Å². The average molecular weight is 242 g/mol. The summed E-state index contributed by atoms with van der Waals surface area (Å²) in [6, 6.07) is 0. The fourth-order valence-corrected chi connectivity index (χ4v) is 1.69. The first-order valence-electron chi connectivity index (χ1n) is 6.11. The van der Waals surface area contributed by atoms with E-state index in [9.17, 15) is 4.79 Å². The highest BCUT2D eigenvalue weighted by molar-refractivity contribution is 5.86. The Morgan fingerprint density at radius 3 is 2.88 bits per heavy atom. The predicted octanol–water partition coefficient (Wildman–Crippen LogP) is 2.43. The van der Waals surface area contributed by atoms with Crippen molar-refractivity contribution in [1.82, 2.24) is 0 Å². The van der Waals surface area contributed by atoms with E-state index in [-0.39, 0.29) is 18.7 Å². The Kier molecular flexibility index (Phi) is 5.15. The van der Waals surface area contributed by atoms with E-state index in [1.54, 1.807) is 6.92 Å². The van der Waals surface area contributed by atoms with Gasteiger partial charge in [-0.2, -0.15) is 0 Å². The van der Waals surface area contributed by atoms with E-state index in [0.29, 0.717) is 12.2 Å². The van der Waals surface area contributed by atoms with Crippen LogP contribution in [0.15, 0.2) is 12.2 Å². The molecule has 0 aliphatic carbocycles. The van der Waals surface area contributed by atoms with Gasteiger partial charge in [0.1, 0.15) is 12.7 Å². The van der Waals surface area contributed by atoms with Gasteiger partial charge in [0.25, 0.3) is 0 Å². The zero-order chi connectivity index (χ0) is 12.9. The number of unbranched alkanes of at least 4 members (excludes halogenated alkanes) is 1. The van der Waals surface area contributed by atoms with Crippen molar-refractivity contribution in [3.8, 4) is 0 Å². The smallest absolute Gasteiger partial charge is 0.333 e.